The van der Waals surface area contributed by atoms with Gasteiger partial charge in [0.1, 0.15) is 16.6 Å². The minimum Gasteiger partial charge on any atom is -0.478 e. The van der Waals surface area contributed by atoms with Crippen molar-refractivity contribution < 1.29 is 14.8 Å². The molecule has 0 aromatic carbocycles. The SMILES string of the molecule is Cn1ncc(C(=O)O)c1Cn1cc(Br)c([N+](=O)[O-])n1. The highest BCUT2D eigenvalue weighted by Gasteiger charge is 2.21. The summed E-state index contributed by atoms with van der Waals surface area (Å²) in [4.78, 5) is 21.0. The highest BCUT2D eigenvalue weighted by atomic mass is 79.9. The predicted octanol–water partition coefficient (Wildman–Crippen LogP) is 1.03. The van der Waals surface area contributed by atoms with Crippen molar-refractivity contribution in [2.75, 3.05) is 0 Å². The van der Waals surface area contributed by atoms with Gasteiger partial charge < -0.3 is 15.2 Å². The van der Waals surface area contributed by atoms with Crippen LogP contribution in [0.2, 0.25) is 0 Å². The van der Waals surface area contributed by atoms with Crippen LogP contribution < -0.4 is 0 Å². The highest BCUT2D eigenvalue weighted by Crippen LogP contribution is 2.22. The third-order valence-corrected chi connectivity index (χ3v) is 3.04. The molecule has 0 saturated heterocycles. The molecule has 0 aliphatic carbocycles. The molecule has 10 heteroatoms. The lowest BCUT2D eigenvalue weighted by Crippen LogP contribution is -2.10. The Morgan fingerprint density at radius 2 is 2.32 bits per heavy atom. The third-order valence-electron chi connectivity index (χ3n) is 2.48. The molecule has 0 bridgehead atoms. The Bertz CT molecular complexity index is 662. The van der Waals surface area contributed by atoms with Crippen LogP contribution in [0, 0.1) is 10.1 Å². The number of rotatable bonds is 4. The number of nitro groups is 1. The Hall–Kier alpha value is -2.23. The summed E-state index contributed by atoms with van der Waals surface area (Å²) in [5.74, 6) is -1.43. The molecule has 0 aliphatic heterocycles. The van der Waals surface area contributed by atoms with Gasteiger partial charge >= 0.3 is 11.8 Å². The number of halogens is 1. The number of nitrogens with zero attached hydrogens (tertiary/aromatic N) is 5. The lowest BCUT2D eigenvalue weighted by atomic mass is 10.2. The predicted molar refractivity (Wildman–Crippen MR) is 65.9 cm³/mol. The van der Waals surface area contributed by atoms with E-state index in [4.69, 9.17) is 5.11 Å². The molecular weight excluding hydrogens is 322 g/mol. The number of aryl methyl sites for hydroxylation is 1. The lowest BCUT2D eigenvalue weighted by Gasteiger charge is -2.01. The quantitative estimate of drug-likeness (QED) is 0.661. The first-order valence-electron chi connectivity index (χ1n) is 5.01. The van der Waals surface area contributed by atoms with Gasteiger partial charge in [-0.05, 0) is 20.9 Å². The van der Waals surface area contributed by atoms with Gasteiger partial charge in [-0.1, -0.05) is 0 Å². The summed E-state index contributed by atoms with van der Waals surface area (Å²) in [5, 5.41) is 27.3. The molecule has 0 fully saturated rings. The molecule has 19 heavy (non-hydrogen) atoms. The van der Waals surface area contributed by atoms with Gasteiger partial charge in [0.15, 0.2) is 0 Å². The first-order valence-corrected chi connectivity index (χ1v) is 5.81. The summed E-state index contributed by atoms with van der Waals surface area (Å²) >= 11 is 3.02. The fourth-order valence-electron chi connectivity index (χ4n) is 1.57. The monoisotopic (exact) mass is 329 g/mol. The summed E-state index contributed by atoms with van der Waals surface area (Å²) in [5.41, 5.74) is 0.439. The van der Waals surface area contributed by atoms with E-state index in [0.29, 0.717) is 5.69 Å². The highest BCUT2D eigenvalue weighted by molar-refractivity contribution is 9.10. The molecule has 2 aromatic rings. The zero-order valence-corrected chi connectivity index (χ0v) is 11.2. The largest absolute Gasteiger partial charge is 0.478 e. The minimum absolute atomic E-state index is 0.0387. The average Bonchev–Trinajstić information content (AvgIpc) is 2.84. The molecular formula is C9H8BrN5O4. The minimum atomic E-state index is -1.11. The number of carboxylic acids is 1. The van der Waals surface area contributed by atoms with Crippen LogP contribution in [0.4, 0.5) is 5.82 Å². The van der Waals surface area contributed by atoms with Crippen molar-refractivity contribution in [3.63, 3.8) is 0 Å². The van der Waals surface area contributed by atoms with E-state index in [2.05, 4.69) is 26.1 Å². The van der Waals surface area contributed by atoms with Gasteiger partial charge in [-0.25, -0.2) is 4.79 Å². The van der Waals surface area contributed by atoms with Gasteiger partial charge in [0.05, 0.1) is 23.2 Å². The van der Waals surface area contributed by atoms with Gasteiger partial charge in [0.25, 0.3) is 0 Å². The Morgan fingerprint density at radius 1 is 1.63 bits per heavy atom. The number of aromatic nitrogens is 4. The number of carbonyl (C=O) groups is 1. The van der Waals surface area contributed by atoms with E-state index >= 15 is 0 Å². The maximum absolute atomic E-state index is 11.0. The molecule has 1 N–H and O–H groups in total. The van der Waals surface area contributed by atoms with Crippen LogP contribution in [0.25, 0.3) is 0 Å². The third kappa shape index (κ3) is 2.47. The standard InChI is InChI=1S/C9H8BrN5O4/c1-13-7(5(2-11-13)9(16)17)4-14-3-6(10)8(12-14)15(18)19/h2-3H,4H2,1H3,(H,16,17). The van der Waals surface area contributed by atoms with Gasteiger partial charge in [-0.3, -0.25) is 4.68 Å². The fraction of sp³-hybridized carbons (Fsp3) is 0.222. The molecule has 0 amide bonds. The molecule has 2 heterocycles. The van der Waals surface area contributed by atoms with Crippen molar-refractivity contribution in [1.82, 2.24) is 19.6 Å². The van der Waals surface area contributed by atoms with Gasteiger partial charge in [0.2, 0.25) is 0 Å². The first kappa shape index (κ1) is 13.2. The van der Waals surface area contributed by atoms with Gasteiger partial charge in [-0.15, -0.1) is 0 Å². The molecule has 9 nitrogen and oxygen atoms in total. The zero-order chi connectivity index (χ0) is 14.2. The molecule has 100 valence electrons. The smallest absolute Gasteiger partial charge is 0.404 e. The number of aromatic carboxylic acids is 1. The van der Waals surface area contributed by atoms with E-state index in [-0.39, 0.29) is 22.4 Å². The first-order chi connectivity index (χ1) is 8.90. The maximum Gasteiger partial charge on any atom is 0.404 e. The Labute approximate surface area is 114 Å². The van der Waals surface area contributed by atoms with Crippen LogP contribution in [-0.4, -0.2) is 35.6 Å². The van der Waals surface area contributed by atoms with Crippen LogP contribution in [0.15, 0.2) is 16.9 Å². The second-order valence-electron chi connectivity index (χ2n) is 3.69. The maximum atomic E-state index is 11.0. The molecule has 2 rings (SSSR count). The number of hydrogen-bond donors (Lipinski definition) is 1. The topological polar surface area (TPSA) is 116 Å². The van der Waals surface area contributed by atoms with Gasteiger partial charge in [0, 0.05) is 7.05 Å². The number of hydrogen-bond acceptors (Lipinski definition) is 5. The second-order valence-corrected chi connectivity index (χ2v) is 4.54. The molecule has 0 aliphatic rings. The summed E-state index contributed by atoms with van der Waals surface area (Å²) < 4.78 is 2.91. The average molecular weight is 330 g/mol. The van der Waals surface area contributed by atoms with E-state index < -0.39 is 10.9 Å². The van der Waals surface area contributed by atoms with E-state index in [9.17, 15) is 14.9 Å². The summed E-state index contributed by atoms with van der Waals surface area (Å²) in [6.45, 7) is 0.0740. The van der Waals surface area contributed by atoms with Crippen LogP contribution in [0.5, 0.6) is 0 Å². The molecule has 0 unspecified atom stereocenters. The van der Waals surface area contributed by atoms with E-state index in [1.54, 1.807) is 7.05 Å². The van der Waals surface area contributed by atoms with E-state index in [1.165, 1.54) is 21.8 Å². The van der Waals surface area contributed by atoms with Crippen molar-refractivity contribution in [2.45, 2.75) is 6.54 Å². The van der Waals surface area contributed by atoms with Gasteiger partial charge in [-0.2, -0.15) is 9.78 Å². The van der Waals surface area contributed by atoms with Crippen molar-refractivity contribution >= 4 is 27.7 Å². The summed E-state index contributed by atoms with van der Waals surface area (Å²) in [6, 6.07) is 0. The molecule has 0 saturated carbocycles. The summed E-state index contributed by atoms with van der Waals surface area (Å²) in [6.07, 6.45) is 2.64. The van der Waals surface area contributed by atoms with Crippen molar-refractivity contribution in [2.24, 2.45) is 7.05 Å². The van der Waals surface area contributed by atoms with Crippen molar-refractivity contribution in [3.8, 4) is 0 Å². The zero-order valence-electron chi connectivity index (χ0n) is 9.65. The molecule has 0 radical (unpaired) electrons. The number of carboxylic acid groups (broad SMARTS) is 1. The van der Waals surface area contributed by atoms with Crippen LogP contribution in [-0.2, 0) is 13.6 Å². The van der Waals surface area contributed by atoms with E-state index in [0.717, 1.165) is 0 Å². The lowest BCUT2D eigenvalue weighted by molar-refractivity contribution is -0.390. The van der Waals surface area contributed by atoms with Crippen LogP contribution in [0.3, 0.4) is 0 Å². The van der Waals surface area contributed by atoms with Crippen LogP contribution in [0.1, 0.15) is 16.1 Å². The Balaban J connectivity index is 2.36. The molecule has 0 atom stereocenters. The summed E-state index contributed by atoms with van der Waals surface area (Å²) in [7, 11) is 1.59. The van der Waals surface area contributed by atoms with E-state index in [1.807, 2.05) is 0 Å². The molecule has 2 aromatic heterocycles. The van der Waals surface area contributed by atoms with Crippen LogP contribution >= 0.6 is 15.9 Å². The molecule has 0 spiro atoms. The normalized spacial score (nSPS) is 10.6. The second kappa shape index (κ2) is 4.80. The Morgan fingerprint density at radius 3 is 2.84 bits per heavy atom. The fourth-order valence-corrected chi connectivity index (χ4v) is 2.03. The van der Waals surface area contributed by atoms with Crippen molar-refractivity contribution in [3.05, 3.63) is 38.2 Å². The van der Waals surface area contributed by atoms with Crippen molar-refractivity contribution in [1.29, 1.82) is 0 Å². The Kier molecular flexibility index (Phi) is 3.34.